The van der Waals surface area contributed by atoms with Crippen LogP contribution in [0.2, 0.25) is 0 Å². The van der Waals surface area contributed by atoms with E-state index in [4.69, 9.17) is 0 Å². The minimum Gasteiger partial charge on any atom is -0.323 e. The van der Waals surface area contributed by atoms with Gasteiger partial charge in [0.25, 0.3) is 0 Å². The second-order valence-electron chi connectivity index (χ2n) is 6.89. The number of nitrogens with one attached hydrogen (secondary N) is 1. The fourth-order valence-electron chi connectivity index (χ4n) is 3.18. The summed E-state index contributed by atoms with van der Waals surface area (Å²) in [5.41, 5.74) is 2.11. The summed E-state index contributed by atoms with van der Waals surface area (Å²) >= 11 is 0. The van der Waals surface area contributed by atoms with Crippen molar-refractivity contribution in [1.29, 1.82) is 0 Å². The maximum atomic E-state index is 13.7. The molecule has 0 saturated carbocycles. The summed E-state index contributed by atoms with van der Waals surface area (Å²) in [6.45, 7) is 4.36. The first-order chi connectivity index (χ1) is 12.8. The van der Waals surface area contributed by atoms with Crippen LogP contribution in [0.1, 0.15) is 24.0 Å². The van der Waals surface area contributed by atoms with Crippen LogP contribution in [0, 0.1) is 25.6 Å². The van der Waals surface area contributed by atoms with Crippen molar-refractivity contribution < 1.29 is 17.6 Å². The third-order valence-electron chi connectivity index (χ3n) is 5.07. The van der Waals surface area contributed by atoms with Gasteiger partial charge in [-0.2, -0.15) is 4.31 Å². The summed E-state index contributed by atoms with van der Waals surface area (Å²) in [7, 11) is -3.57. The van der Waals surface area contributed by atoms with Crippen LogP contribution < -0.4 is 5.32 Å². The Morgan fingerprint density at radius 3 is 2.37 bits per heavy atom. The SMILES string of the molecule is Cc1ccc(S(=O)(=O)N2CCC(C(=O)Nc3ccccc3F)CC2)cc1C. The predicted octanol–water partition coefficient (Wildman–Crippen LogP) is 3.48. The number of carbonyl (C=O) groups is 1. The minimum absolute atomic E-state index is 0.146. The van der Waals surface area contributed by atoms with Crippen LogP contribution >= 0.6 is 0 Å². The number of benzene rings is 2. The number of nitrogens with zero attached hydrogens (tertiary/aromatic N) is 1. The summed E-state index contributed by atoms with van der Waals surface area (Å²) in [4.78, 5) is 12.7. The Kier molecular flexibility index (Phi) is 5.62. The van der Waals surface area contributed by atoms with E-state index >= 15 is 0 Å². The first kappa shape index (κ1) is 19.5. The van der Waals surface area contributed by atoms with E-state index in [1.54, 1.807) is 30.3 Å². The lowest BCUT2D eigenvalue weighted by molar-refractivity contribution is -0.120. The van der Waals surface area contributed by atoms with Gasteiger partial charge in [-0.15, -0.1) is 0 Å². The van der Waals surface area contributed by atoms with Crippen LogP contribution in [0.3, 0.4) is 0 Å². The van der Waals surface area contributed by atoms with E-state index in [9.17, 15) is 17.6 Å². The Morgan fingerprint density at radius 1 is 1.07 bits per heavy atom. The van der Waals surface area contributed by atoms with Crippen LogP contribution in [0.25, 0.3) is 0 Å². The van der Waals surface area contributed by atoms with Crippen molar-refractivity contribution in [3.05, 3.63) is 59.4 Å². The van der Waals surface area contributed by atoms with Crippen molar-refractivity contribution in [2.75, 3.05) is 18.4 Å². The highest BCUT2D eigenvalue weighted by molar-refractivity contribution is 7.89. The van der Waals surface area contributed by atoms with Gasteiger partial charge in [0.1, 0.15) is 5.82 Å². The quantitative estimate of drug-likeness (QED) is 0.869. The average Bonchev–Trinajstić information content (AvgIpc) is 2.65. The van der Waals surface area contributed by atoms with E-state index in [1.165, 1.54) is 16.4 Å². The molecule has 1 fully saturated rings. The molecule has 0 aliphatic carbocycles. The molecule has 2 aromatic rings. The molecule has 0 unspecified atom stereocenters. The first-order valence-electron chi connectivity index (χ1n) is 8.92. The molecular weight excluding hydrogens is 367 g/mol. The maximum Gasteiger partial charge on any atom is 0.243 e. The number of halogens is 1. The Hall–Kier alpha value is -2.25. The van der Waals surface area contributed by atoms with Crippen LogP contribution in [-0.2, 0) is 14.8 Å². The van der Waals surface area contributed by atoms with E-state index in [0.717, 1.165) is 11.1 Å². The van der Waals surface area contributed by atoms with Crippen molar-refractivity contribution >= 4 is 21.6 Å². The molecule has 1 saturated heterocycles. The van der Waals surface area contributed by atoms with Crippen LogP contribution in [0.4, 0.5) is 10.1 Å². The maximum absolute atomic E-state index is 13.7. The summed E-state index contributed by atoms with van der Waals surface area (Å²) in [6, 6.07) is 11.1. The lowest BCUT2D eigenvalue weighted by Crippen LogP contribution is -2.41. The lowest BCUT2D eigenvalue weighted by Gasteiger charge is -2.30. The molecule has 5 nitrogen and oxygen atoms in total. The van der Waals surface area contributed by atoms with Crippen molar-refractivity contribution in [3.63, 3.8) is 0 Å². The topological polar surface area (TPSA) is 66.5 Å². The molecule has 144 valence electrons. The molecule has 27 heavy (non-hydrogen) atoms. The summed E-state index contributed by atoms with van der Waals surface area (Å²) in [5, 5.41) is 2.60. The van der Waals surface area contributed by atoms with E-state index in [2.05, 4.69) is 5.32 Å². The van der Waals surface area contributed by atoms with Gasteiger partial charge in [0.2, 0.25) is 15.9 Å². The highest BCUT2D eigenvalue weighted by atomic mass is 32.2. The molecule has 0 atom stereocenters. The predicted molar refractivity (Wildman–Crippen MR) is 102 cm³/mol. The van der Waals surface area contributed by atoms with E-state index in [1.807, 2.05) is 13.8 Å². The number of hydrogen-bond acceptors (Lipinski definition) is 3. The molecule has 0 aromatic heterocycles. The van der Waals surface area contributed by atoms with Gasteiger partial charge in [-0.05, 0) is 62.1 Å². The molecule has 0 spiro atoms. The van der Waals surface area contributed by atoms with E-state index < -0.39 is 15.8 Å². The van der Waals surface area contributed by atoms with Gasteiger partial charge in [0, 0.05) is 19.0 Å². The number of sulfonamides is 1. The van der Waals surface area contributed by atoms with Crippen LogP contribution in [-0.4, -0.2) is 31.7 Å². The largest absolute Gasteiger partial charge is 0.323 e. The molecule has 2 aromatic carbocycles. The fourth-order valence-corrected chi connectivity index (χ4v) is 4.73. The van der Waals surface area contributed by atoms with Gasteiger partial charge in [0.15, 0.2) is 0 Å². The summed E-state index contributed by atoms with van der Waals surface area (Å²) < 4.78 is 40.8. The lowest BCUT2D eigenvalue weighted by atomic mass is 9.97. The van der Waals surface area contributed by atoms with Gasteiger partial charge in [-0.25, -0.2) is 12.8 Å². The third kappa shape index (κ3) is 4.20. The number of amides is 1. The number of para-hydroxylation sites is 1. The Balaban J connectivity index is 1.65. The minimum atomic E-state index is -3.57. The molecule has 1 heterocycles. The zero-order valence-electron chi connectivity index (χ0n) is 15.4. The number of aryl methyl sites for hydroxylation is 2. The molecular formula is C20H23FN2O3S. The smallest absolute Gasteiger partial charge is 0.243 e. The number of anilines is 1. The van der Waals surface area contributed by atoms with E-state index in [0.29, 0.717) is 12.8 Å². The molecule has 1 aliphatic heterocycles. The zero-order valence-corrected chi connectivity index (χ0v) is 16.2. The van der Waals surface area contributed by atoms with Gasteiger partial charge in [-0.3, -0.25) is 4.79 Å². The summed E-state index contributed by atoms with van der Waals surface area (Å²) in [5.74, 6) is -1.10. The fraction of sp³-hybridized carbons (Fsp3) is 0.350. The summed E-state index contributed by atoms with van der Waals surface area (Å²) in [6.07, 6.45) is 0.814. The number of piperidine rings is 1. The molecule has 3 rings (SSSR count). The number of hydrogen-bond donors (Lipinski definition) is 1. The Bertz CT molecular complexity index is 951. The Labute approximate surface area is 159 Å². The second-order valence-corrected chi connectivity index (χ2v) is 8.83. The molecule has 7 heteroatoms. The van der Waals surface area contributed by atoms with Gasteiger partial charge < -0.3 is 5.32 Å². The monoisotopic (exact) mass is 390 g/mol. The van der Waals surface area contributed by atoms with E-state index in [-0.39, 0.29) is 35.5 Å². The van der Waals surface area contributed by atoms with Crippen molar-refractivity contribution in [2.24, 2.45) is 5.92 Å². The molecule has 0 radical (unpaired) electrons. The van der Waals surface area contributed by atoms with Crippen molar-refractivity contribution in [3.8, 4) is 0 Å². The van der Waals surface area contributed by atoms with Gasteiger partial charge in [0.05, 0.1) is 10.6 Å². The standard InChI is InChI=1S/C20H23FN2O3S/c1-14-7-8-17(13-15(14)2)27(25,26)23-11-9-16(10-12-23)20(24)22-19-6-4-3-5-18(19)21/h3-8,13,16H,9-12H2,1-2H3,(H,22,24). The first-order valence-corrected chi connectivity index (χ1v) is 10.4. The van der Waals surface area contributed by atoms with Crippen molar-refractivity contribution in [2.45, 2.75) is 31.6 Å². The van der Waals surface area contributed by atoms with Gasteiger partial charge in [-0.1, -0.05) is 18.2 Å². The normalized spacial score (nSPS) is 16.3. The van der Waals surface area contributed by atoms with Crippen molar-refractivity contribution in [1.82, 2.24) is 4.31 Å². The molecule has 1 N–H and O–H groups in total. The number of carbonyl (C=O) groups excluding carboxylic acids is 1. The highest BCUT2D eigenvalue weighted by Gasteiger charge is 2.32. The van der Waals surface area contributed by atoms with Crippen LogP contribution in [0.5, 0.6) is 0 Å². The number of rotatable bonds is 4. The highest BCUT2D eigenvalue weighted by Crippen LogP contribution is 2.26. The molecule has 1 aliphatic rings. The second kappa shape index (κ2) is 7.78. The zero-order chi connectivity index (χ0) is 19.6. The van der Waals surface area contributed by atoms with Crippen LogP contribution in [0.15, 0.2) is 47.4 Å². The molecule has 0 bridgehead atoms. The van der Waals surface area contributed by atoms with Gasteiger partial charge >= 0.3 is 0 Å². The average molecular weight is 390 g/mol. The third-order valence-corrected chi connectivity index (χ3v) is 6.97. The Morgan fingerprint density at radius 2 is 1.74 bits per heavy atom. The molecule has 1 amide bonds.